The summed E-state index contributed by atoms with van der Waals surface area (Å²) in [5.74, 6) is -0.433. The van der Waals surface area contributed by atoms with Gasteiger partial charge in [0.05, 0.1) is 13.0 Å². The van der Waals surface area contributed by atoms with Crippen molar-refractivity contribution in [2.45, 2.75) is 38.6 Å². The average Bonchev–Trinajstić information content (AvgIpc) is 2.47. The number of methoxy groups -OCH3 is 1. The highest BCUT2D eigenvalue weighted by atomic mass is 16.5. The van der Waals surface area contributed by atoms with Crippen molar-refractivity contribution in [3.05, 3.63) is 29.3 Å². The van der Waals surface area contributed by atoms with Gasteiger partial charge in [-0.3, -0.25) is 9.69 Å². The lowest BCUT2D eigenvalue weighted by Crippen LogP contribution is -2.29. The third-order valence-corrected chi connectivity index (χ3v) is 4.02. The molecule has 1 aromatic rings. The number of piperidine rings is 1. The molecule has 1 heterocycles. The summed E-state index contributed by atoms with van der Waals surface area (Å²) >= 11 is 0. The van der Waals surface area contributed by atoms with Crippen LogP contribution >= 0.6 is 0 Å². The fourth-order valence-corrected chi connectivity index (χ4v) is 2.69. The van der Waals surface area contributed by atoms with Crippen LogP contribution in [0.1, 0.15) is 43.2 Å². The molecule has 4 heteroatoms. The lowest BCUT2D eigenvalue weighted by molar-refractivity contribution is -0.138. The van der Waals surface area contributed by atoms with Crippen LogP contribution in [0.15, 0.2) is 18.2 Å². The summed E-state index contributed by atoms with van der Waals surface area (Å²) in [6.07, 6.45) is 3.80. The number of benzene rings is 1. The molecule has 1 unspecified atom stereocenters. The predicted octanol–water partition coefficient (Wildman–Crippen LogP) is 2.87. The molecule has 110 valence electrons. The van der Waals surface area contributed by atoms with Gasteiger partial charge >= 0.3 is 5.97 Å². The fourth-order valence-electron chi connectivity index (χ4n) is 2.69. The van der Waals surface area contributed by atoms with E-state index in [2.05, 4.69) is 4.90 Å². The first-order valence-corrected chi connectivity index (χ1v) is 7.24. The van der Waals surface area contributed by atoms with Crippen LogP contribution in [0.2, 0.25) is 0 Å². The molecule has 0 amide bonds. The second-order valence-corrected chi connectivity index (χ2v) is 5.47. The van der Waals surface area contributed by atoms with Gasteiger partial charge in [-0.05, 0) is 50.6 Å². The van der Waals surface area contributed by atoms with E-state index in [1.807, 2.05) is 18.2 Å². The zero-order chi connectivity index (χ0) is 14.5. The summed E-state index contributed by atoms with van der Waals surface area (Å²) in [4.78, 5) is 13.5. The first kappa shape index (κ1) is 14.9. The molecule has 0 bridgehead atoms. The van der Waals surface area contributed by atoms with Gasteiger partial charge in [-0.2, -0.15) is 0 Å². The van der Waals surface area contributed by atoms with Crippen molar-refractivity contribution in [2.75, 3.05) is 20.2 Å². The largest absolute Gasteiger partial charge is 0.496 e. The number of aliphatic carboxylic acids is 1. The van der Waals surface area contributed by atoms with Crippen molar-refractivity contribution in [3.63, 3.8) is 0 Å². The van der Waals surface area contributed by atoms with Gasteiger partial charge in [-0.1, -0.05) is 12.5 Å². The molecule has 2 rings (SSSR count). The fraction of sp³-hybridized carbons (Fsp3) is 0.562. The first-order chi connectivity index (χ1) is 9.61. The van der Waals surface area contributed by atoms with Gasteiger partial charge in [0.25, 0.3) is 0 Å². The van der Waals surface area contributed by atoms with Gasteiger partial charge < -0.3 is 9.84 Å². The zero-order valence-corrected chi connectivity index (χ0v) is 12.3. The van der Waals surface area contributed by atoms with E-state index in [-0.39, 0.29) is 0 Å². The number of likely N-dealkylation sites (tertiary alicyclic amines) is 1. The molecule has 0 radical (unpaired) electrons. The smallest absolute Gasteiger partial charge is 0.310 e. The van der Waals surface area contributed by atoms with E-state index in [1.165, 1.54) is 19.3 Å². The van der Waals surface area contributed by atoms with Crippen molar-refractivity contribution in [1.82, 2.24) is 4.90 Å². The predicted molar refractivity (Wildman–Crippen MR) is 78.2 cm³/mol. The molecule has 1 fully saturated rings. The van der Waals surface area contributed by atoms with Crippen LogP contribution in [0.3, 0.4) is 0 Å². The van der Waals surface area contributed by atoms with Gasteiger partial charge in [-0.15, -0.1) is 0 Å². The Morgan fingerprint density at radius 1 is 1.35 bits per heavy atom. The molecule has 20 heavy (non-hydrogen) atoms. The number of ether oxygens (including phenoxy) is 1. The van der Waals surface area contributed by atoms with E-state index in [1.54, 1.807) is 14.0 Å². The molecule has 1 atom stereocenters. The van der Waals surface area contributed by atoms with Gasteiger partial charge in [0.15, 0.2) is 0 Å². The second-order valence-electron chi connectivity index (χ2n) is 5.47. The Hall–Kier alpha value is -1.55. The van der Waals surface area contributed by atoms with Crippen molar-refractivity contribution in [1.29, 1.82) is 0 Å². The van der Waals surface area contributed by atoms with Crippen molar-refractivity contribution in [3.8, 4) is 5.75 Å². The minimum absolute atomic E-state index is 0.485. The minimum Gasteiger partial charge on any atom is -0.496 e. The van der Waals surface area contributed by atoms with Crippen LogP contribution < -0.4 is 4.74 Å². The maximum Gasteiger partial charge on any atom is 0.310 e. The first-order valence-electron chi connectivity index (χ1n) is 7.24. The summed E-state index contributed by atoms with van der Waals surface area (Å²) in [5.41, 5.74) is 1.92. The van der Waals surface area contributed by atoms with Gasteiger partial charge in [0, 0.05) is 12.1 Å². The third-order valence-electron chi connectivity index (χ3n) is 4.02. The third kappa shape index (κ3) is 3.51. The molecule has 0 saturated carbocycles. The summed E-state index contributed by atoms with van der Waals surface area (Å²) in [5, 5.41) is 9.13. The van der Waals surface area contributed by atoms with Gasteiger partial charge in [0.1, 0.15) is 5.75 Å². The van der Waals surface area contributed by atoms with Crippen LogP contribution in [0.25, 0.3) is 0 Å². The Bertz CT molecular complexity index is 467. The maximum absolute atomic E-state index is 11.1. The van der Waals surface area contributed by atoms with Crippen LogP contribution in [0, 0.1) is 0 Å². The molecule has 1 aliphatic rings. The van der Waals surface area contributed by atoms with E-state index < -0.39 is 11.9 Å². The van der Waals surface area contributed by atoms with Crippen LogP contribution in [-0.4, -0.2) is 36.2 Å². The Kier molecular flexibility index (Phi) is 5.01. The van der Waals surface area contributed by atoms with E-state index in [4.69, 9.17) is 9.84 Å². The molecule has 0 aromatic heterocycles. The number of hydrogen-bond acceptors (Lipinski definition) is 3. The van der Waals surface area contributed by atoms with E-state index in [9.17, 15) is 4.79 Å². The van der Waals surface area contributed by atoms with Crippen LogP contribution in [0.4, 0.5) is 0 Å². The zero-order valence-electron chi connectivity index (χ0n) is 12.3. The van der Waals surface area contributed by atoms with Crippen LogP contribution in [-0.2, 0) is 11.3 Å². The average molecular weight is 277 g/mol. The van der Waals surface area contributed by atoms with E-state index in [0.29, 0.717) is 0 Å². The minimum atomic E-state index is -0.793. The molecule has 1 saturated heterocycles. The number of nitrogens with zero attached hydrogens (tertiary/aromatic N) is 1. The normalized spacial score (nSPS) is 17.7. The molecule has 0 aliphatic carbocycles. The Morgan fingerprint density at radius 3 is 2.65 bits per heavy atom. The topological polar surface area (TPSA) is 49.8 Å². The van der Waals surface area contributed by atoms with E-state index >= 15 is 0 Å². The molecule has 1 N–H and O–H groups in total. The van der Waals surface area contributed by atoms with Crippen LogP contribution in [0.5, 0.6) is 5.75 Å². The SMILES string of the molecule is COc1ccc(C(C)C(=O)O)cc1CN1CCCCC1. The van der Waals surface area contributed by atoms with E-state index in [0.717, 1.165) is 36.5 Å². The maximum atomic E-state index is 11.1. The summed E-state index contributed by atoms with van der Waals surface area (Å²) in [6.45, 7) is 4.78. The summed E-state index contributed by atoms with van der Waals surface area (Å²) in [7, 11) is 1.66. The highest BCUT2D eigenvalue weighted by Crippen LogP contribution is 2.26. The second kappa shape index (κ2) is 6.75. The summed E-state index contributed by atoms with van der Waals surface area (Å²) < 4.78 is 5.41. The lowest BCUT2D eigenvalue weighted by Gasteiger charge is -2.27. The van der Waals surface area contributed by atoms with Crippen molar-refractivity contribution in [2.24, 2.45) is 0 Å². The number of rotatable bonds is 5. The van der Waals surface area contributed by atoms with Gasteiger partial charge in [-0.25, -0.2) is 0 Å². The Balaban J connectivity index is 2.19. The number of hydrogen-bond donors (Lipinski definition) is 1. The highest BCUT2D eigenvalue weighted by molar-refractivity contribution is 5.75. The molecular weight excluding hydrogens is 254 g/mol. The molecule has 4 nitrogen and oxygen atoms in total. The lowest BCUT2D eigenvalue weighted by atomic mass is 9.98. The molecular formula is C16H23NO3. The number of carboxylic acid groups (broad SMARTS) is 1. The Labute approximate surface area is 120 Å². The number of carboxylic acids is 1. The van der Waals surface area contributed by atoms with Crippen molar-refractivity contribution < 1.29 is 14.6 Å². The quantitative estimate of drug-likeness (QED) is 0.899. The molecule has 1 aliphatic heterocycles. The Morgan fingerprint density at radius 2 is 2.05 bits per heavy atom. The highest BCUT2D eigenvalue weighted by Gasteiger charge is 2.18. The number of carbonyl (C=O) groups is 1. The monoisotopic (exact) mass is 277 g/mol. The van der Waals surface area contributed by atoms with Gasteiger partial charge in [0.2, 0.25) is 0 Å². The van der Waals surface area contributed by atoms with Crippen molar-refractivity contribution >= 4 is 5.97 Å². The molecule has 1 aromatic carbocycles. The molecule has 0 spiro atoms. The standard InChI is InChI=1S/C16H23NO3/c1-12(16(18)19)13-6-7-15(20-2)14(10-13)11-17-8-4-3-5-9-17/h6-7,10,12H,3-5,8-9,11H2,1-2H3,(H,18,19). The summed E-state index contributed by atoms with van der Waals surface area (Å²) in [6, 6.07) is 5.71.